The van der Waals surface area contributed by atoms with Crippen LogP contribution in [0.15, 0.2) is 34.1 Å². The zero-order valence-electron chi connectivity index (χ0n) is 8.88. The van der Waals surface area contributed by atoms with E-state index in [9.17, 15) is 4.79 Å². The Morgan fingerprint density at radius 1 is 1.39 bits per heavy atom. The molecular weight excluding hydrogens is 274 g/mol. The molecule has 1 N–H and O–H groups in total. The number of aromatic nitrogens is 1. The Morgan fingerprint density at radius 3 is 2.89 bits per heavy atom. The van der Waals surface area contributed by atoms with Crippen molar-refractivity contribution >= 4 is 40.0 Å². The van der Waals surface area contributed by atoms with Gasteiger partial charge < -0.3 is 9.52 Å². The van der Waals surface area contributed by atoms with Crippen LogP contribution in [0.3, 0.4) is 0 Å². The summed E-state index contributed by atoms with van der Waals surface area (Å²) in [6.07, 6.45) is 0. The Morgan fingerprint density at radius 2 is 2.22 bits per heavy atom. The molecule has 0 atom stereocenters. The number of carboxylic acids is 1. The van der Waals surface area contributed by atoms with Crippen molar-refractivity contribution in [1.29, 1.82) is 0 Å². The maximum absolute atomic E-state index is 11.1. The highest BCUT2D eigenvalue weighted by Crippen LogP contribution is 2.34. The third-order valence-electron chi connectivity index (χ3n) is 2.46. The van der Waals surface area contributed by atoms with Crippen LogP contribution in [0, 0.1) is 0 Å². The molecule has 3 aromatic rings. The van der Waals surface area contributed by atoms with Gasteiger partial charge in [0.1, 0.15) is 10.4 Å². The monoisotopic (exact) mass is 279 g/mol. The summed E-state index contributed by atoms with van der Waals surface area (Å²) in [5.74, 6) is -0.684. The number of nitrogens with zero attached hydrogens (tertiary/aromatic N) is 1. The van der Waals surface area contributed by atoms with Crippen molar-refractivity contribution in [3.05, 3.63) is 40.2 Å². The lowest BCUT2D eigenvalue weighted by molar-refractivity contribution is 0.0699. The third kappa shape index (κ3) is 1.68. The minimum absolute atomic E-state index is 0.121. The van der Waals surface area contributed by atoms with Crippen LogP contribution in [-0.2, 0) is 0 Å². The van der Waals surface area contributed by atoms with Gasteiger partial charge in [-0.3, -0.25) is 0 Å². The quantitative estimate of drug-likeness (QED) is 0.772. The molecule has 2 heterocycles. The third-order valence-corrected chi connectivity index (χ3v) is 3.79. The topological polar surface area (TPSA) is 63.3 Å². The predicted molar refractivity (Wildman–Crippen MR) is 69.3 cm³/mol. The summed E-state index contributed by atoms with van der Waals surface area (Å²) in [6, 6.07) is 6.54. The van der Waals surface area contributed by atoms with Gasteiger partial charge in [-0.2, -0.15) is 0 Å². The fraction of sp³-hybridized carbons (Fsp3) is 0. The lowest BCUT2D eigenvalue weighted by Gasteiger charge is -1.92. The number of hydrogen-bond donors (Lipinski definition) is 1. The van der Waals surface area contributed by atoms with Crippen molar-refractivity contribution < 1.29 is 14.3 Å². The number of benzene rings is 1. The van der Waals surface area contributed by atoms with E-state index in [4.69, 9.17) is 21.1 Å². The molecule has 0 fully saturated rings. The molecule has 0 aliphatic carbocycles. The fourth-order valence-corrected chi connectivity index (χ4v) is 2.73. The number of carbonyl (C=O) groups is 1. The number of thiophene rings is 1. The molecule has 0 unspecified atom stereocenters. The van der Waals surface area contributed by atoms with Crippen molar-refractivity contribution in [1.82, 2.24) is 4.98 Å². The summed E-state index contributed by atoms with van der Waals surface area (Å²) >= 11 is 7.39. The maximum Gasteiger partial charge on any atom is 0.338 e. The van der Waals surface area contributed by atoms with Crippen molar-refractivity contribution in [2.45, 2.75) is 0 Å². The van der Waals surface area contributed by atoms with Gasteiger partial charge in [0.25, 0.3) is 0 Å². The first-order valence-electron chi connectivity index (χ1n) is 5.03. The van der Waals surface area contributed by atoms with Crippen molar-refractivity contribution in [2.24, 2.45) is 0 Å². The van der Waals surface area contributed by atoms with Crippen LogP contribution in [0.5, 0.6) is 0 Å². The summed E-state index contributed by atoms with van der Waals surface area (Å²) in [4.78, 5) is 16.0. The smallest absolute Gasteiger partial charge is 0.338 e. The molecule has 0 aliphatic heterocycles. The number of halogens is 1. The van der Waals surface area contributed by atoms with Gasteiger partial charge in [0.2, 0.25) is 5.89 Å². The maximum atomic E-state index is 11.1. The SMILES string of the molecule is O=C(O)c1cccc2oc(-c3sccc3Cl)nc12. The Hall–Kier alpha value is -1.85. The lowest BCUT2D eigenvalue weighted by Crippen LogP contribution is -1.96. The zero-order valence-corrected chi connectivity index (χ0v) is 10.5. The summed E-state index contributed by atoms with van der Waals surface area (Å²) < 4.78 is 5.54. The predicted octanol–water partition coefficient (Wildman–Crippen LogP) is 3.91. The molecule has 6 heteroatoms. The molecule has 0 saturated carbocycles. The van der Waals surface area contributed by atoms with E-state index < -0.39 is 5.97 Å². The Kier molecular flexibility index (Phi) is 2.57. The van der Waals surface area contributed by atoms with Gasteiger partial charge >= 0.3 is 5.97 Å². The van der Waals surface area contributed by atoms with E-state index in [1.165, 1.54) is 17.4 Å². The summed E-state index contributed by atoms with van der Waals surface area (Å²) in [5.41, 5.74) is 0.897. The van der Waals surface area contributed by atoms with Crippen LogP contribution in [0.2, 0.25) is 5.02 Å². The van der Waals surface area contributed by atoms with Gasteiger partial charge in [-0.15, -0.1) is 11.3 Å². The first kappa shape index (κ1) is 11.3. The highest BCUT2D eigenvalue weighted by Gasteiger charge is 2.17. The molecule has 0 bridgehead atoms. The van der Waals surface area contributed by atoms with Crippen LogP contribution < -0.4 is 0 Å². The standard InChI is InChI=1S/C12H6ClNO3S/c13-7-4-5-18-10(7)11-14-9-6(12(15)16)2-1-3-8(9)17-11/h1-5H,(H,15,16). The van der Waals surface area contributed by atoms with Crippen LogP contribution in [-0.4, -0.2) is 16.1 Å². The Bertz CT molecular complexity index is 747. The highest BCUT2D eigenvalue weighted by molar-refractivity contribution is 7.14. The Labute approximate surface area is 110 Å². The summed E-state index contributed by atoms with van der Waals surface area (Å²) in [6.45, 7) is 0. The molecule has 0 saturated heterocycles. The van der Waals surface area contributed by atoms with Crippen LogP contribution in [0.4, 0.5) is 0 Å². The van der Waals surface area contributed by atoms with Crippen molar-refractivity contribution in [2.75, 3.05) is 0 Å². The van der Waals surface area contributed by atoms with Gasteiger partial charge in [0, 0.05) is 0 Å². The molecular formula is C12H6ClNO3S. The molecule has 90 valence electrons. The molecule has 2 aromatic heterocycles. The minimum Gasteiger partial charge on any atom is -0.478 e. The van der Waals surface area contributed by atoms with E-state index in [-0.39, 0.29) is 5.56 Å². The van der Waals surface area contributed by atoms with Gasteiger partial charge in [-0.25, -0.2) is 9.78 Å². The van der Waals surface area contributed by atoms with Crippen molar-refractivity contribution in [3.63, 3.8) is 0 Å². The molecule has 0 radical (unpaired) electrons. The van der Waals surface area contributed by atoms with E-state index in [1.54, 1.807) is 18.2 Å². The Balaban J connectivity index is 2.26. The second kappa shape index (κ2) is 4.12. The van der Waals surface area contributed by atoms with Crippen LogP contribution in [0.1, 0.15) is 10.4 Å². The number of hydrogen-bond acceptors (Lipinski definition) is 4. The fourth-order valence-electron chi connectivity index (χ4n) is 1.66. The molecule has 3 rings (SSSR count). The lowest BCUT2D eigenvalue weighted by atomic mass is 10.2. The minimum atomic E-state index is -1.03. The molecule has 0 spiro atoms. The van der Waals surface area contributed by atoms with E-state index in [0.29, 0.717) is 26.9 Å². The van der Waals surface area contributed by atoms with E-state index in [0.717, 1.165) is 0 Å². The first-order chi connectivity index (χ1) is 8.66. The average Bonchev–Trinajstić information content (AvgIpc) is 2.92. The zero-order chi connectivity index (χ0) is 12.7. The van der Waals surface area contributed by atoms with Gasteiger partial charge in [-0.1, -0.05) is 17.7 Å². The highest BCUT2D eigenvalue weighted by atomic mass is 35.5. The molecule has 4 nitrogen and oxygen atoms in total. The summed E-state index contributed by atoms with van der Waals surface area (Å²) in [5, 5.41) is 11.4. The van der Waals surface area contributed by atoms with Crippen molar-refractivity contribution in [3.8, 4) is 10.8 Å². The number of fused-ring (bicyclic) bond motifs is 1. The van der Waals surface area contributed by atoms with Gasteiger partial charge in [0.05, 0.1) is 10.6 Å². The summed E-state index contributed by atoms with van der Waals surface area (Å²) in [7, 11) is 0. The van der Waals surface area contributed by atoms with E-state index in [2.05, 4.69) is 4.98 Å². The van der Waals surface area contributed by atoms with Crippen LogP contribution in [0.25, 0.3) is 21.9 Å². The largest absolute Gasteiger partial charge is 0.478 e. The van der Waals surface area contributed by atoms with E-state index >= 15 is 0 Å². The number of oxazole rings is 1. The number of rotatable bonds is 2. The van der Waals surface area contributed by atoms with Gasteiger partial charge in [-0.05, 0) is 23.6 Å². The first-order valence-corrected chi connectivity index (χ1v) is 6.29. The van der Waals surface area contributed by atoms with E-state index in [1.807, 2.05) is 5.38 Å². The molecule has 1 aromatic carbocycles. The van der Waals surface area contributed by atoms with Gasteiger partial charge in [0.15, 0.2) is 5.58 Å². The molecule has 0 aliphatic rings. The number of carboxylic acid groups (broad SMARTS) is 1. The normalized spacial score (nSPS) is 10.9. The molecule has 0 amide bonds. The second-order valence-corrected chi connectivity index (χ2v) is 4.90. The average molecular weight is 280 g/mol. The molecule has 18 heavy (non-hydrogen) atoms. The number of aromatic carboxylic acids is 1. The second-order valence-electron chi connectivity index (χ2n) is 3.57. The van der Waals surface area contributed by atoms with Crippen LogP contribution >= 0.6 is 22.9 Å². The number of para-hydroxylation sites is 1.